The summed E-state index contributed by atoms with van der Waals surface area (Å²) in [7, 11) is 0. The molecule has 4 aromatic rings. The molecule has 0 saturated carbocycles. The highest BCUT2D eigenvalue weighted by molar-refractivity contribution is 7.21. The van der Waals surface area contributed by atoms with Crippen molar-refractivity contribution in [3.63, 3.8) is 0 Å². The number of thiophene rings is 1. The molecule has 4 rings (SSSR count). The summed E-state index contributed by atoms with van der Waals surface area (Å²) in [4.78, 5) is 29.3. The van der Waals surface area contributed by atoms with Crippen LogP contribution in [-0.2, 0) is 0 Å². The molecular formula is C23H16Cl2N4O2S. The Morgan fingerprint density at radius 1 is 1.00 bits per heavy atom. The third-order valence-electron chi connectivity index (χ3n) is 4.60. The SMILES string of the molecule is CC(=NNC(=O)c1sc2cccc(Cl)c2c1Cl)c1cccc(NC(=O)c2cccnc2)c1. The van der Waals surface area contributed by atoms with Gasteiger partial charge in [0.05, 0.1) is 21.3 Å². The second-order valence-electron chi connectivity index (χ2n) is 6.77. The van der Waals surface area contributed by atoms with Crippen LogP contribution < -0.4 is 10.7 Å². The summed E-state index contributed by atoms with van der Waals surface area (Å²) in [5.41, 5.74) is 4.89. The summed E-state index contributed by atoms with van der Waals surface area (Å²) in [5, 5.41) is 8.47. The van der Waals surface area contributed by atoms with Crippen LogP contribution >= 0.6 is 34.5 Å². The van der Waals surface area contributed by atoms with Crippen molar-refractivity contribution in [3.8, 4) is 0 Å². The van der Waals surface area contributed by atoms with Crippen molar-refractivity contribution in [3.05, 3.63) is 93.0 Å². The Morgan fingerprint density at radius 2 is 1.78 bits per heavy atom. The topological polar surface area (TPSA) is 83.5 Å². The van der Waals surface area contributed by atoms with Crippen LogP contribution in [0.1, 0.15) is 32.5 Å². The first-order chi connectivity index (χ1) is 15.4. The first kappa shape index (κ1) is 22.0. The van der Waals surface area contributed by atoms with Gasteiger partial charge in [-0.2, -0.15) is 5.10 Å². The summed E-state index contributed by atoms with van der Waals surface area (Å²) in [6.45, 7) is 1.76. The smallest absolute Gasteiger partial charge is 0.283 e. The van der Waals surface area contributed by atoms with E-state index in [0.29, 0.717) is 37.3 Å². The summed E-state index contributed by atoms with van der Waals surface area (Å²) in [6.07, 6.45) is 3.10. The van der Waals surface area contributed by atoms with Crippen LogP contribution in [0.2, 0.25) is 10.0 Å². The number of hydrogen-bond acceptors (Lipinski definition) is 5. The molecule has 0 radical (unpaired) electrons. The van der Waals surface area contributed by atoms with Crippen LogP contribution in [0.5, 0.6) is 0 Å². The van der Waals surface area contributed by atoms with Crippen LogP contribution in [-0.4, -0.2) is 22.5 Å². The van der Waals surface area contributed by atoms with Gasteiger partial charge in [0.25, 0.3) is 11.8 Å². The summed E-state index contributed by atoms with van der Waals surface area (Å²) < 4.78 is 0.824. The van der Waals surface area contributed by atoms with Crippen molar-refractivity contribution in [2.45, 2.75) is 6.92 Å². The quantitative estimate of drug-likeness (QED) is 0.269. The molecule has 0 atom stereocenters. The van der Waals surface area contributed by atoms with Gasteiger partial charge >= 0.3 is 0 Å². The lowest BCUT2D eigenvalue weighted by Gasteiger charge is -2.08. The van der Waals surface area contributed by atoms with Crippen LogP contribution in [0.4, 0.5) is 5.69 Å². The zero-order chi connectivity index (χ0) is 22.7. The highest BCUT2D eigenvalue weighted by Crippen LogP contribution is 2.39. The lowest BCUT2D eigenvalue weighted by Crippen LogP contribution is -2.18. The Morgan fingerprint density at radius 3 is 2.53 bits per heavy atom. The van der Waals surface area contributed by atoms with Crippen molar-refractivity contribution in [2.75, 3.05) is 5.32 Å². The maximum atomic E-state index is 12.7. The molecule has 0 spiro atoms. The van der Waals surface area contributed by atoms with Crippen molar-refractivity contribution in [1.82, 2.24) is 10.4 Å². The number of amides is 2. The van der Waals surface area contributed by atoms with E-state index in [0.717, 1.165) is 10.3 Å². The van der Waals surface area contributed by atoms with Gasteiger partial charge in [-0.05, 0) is 48.9 Å². The molecule has 0 unspecified atom stereocenters. The number of pyridine rings is 1. The van der Waals surface area contributed by atoms with Crippen molar-refractivity contribution in [2.24, 2.45) is 5.10 Å². The molecule has 0 fully saturated rings. The monoisotopic (exact) mass is 482 g/mol. The summed E-state index contributed by atoms with van der Waals surface area (Å²) in [5.74, 6) is -0.691. The van der Waals surface area contributed by atoms with Gasteiger partial charge in [0.15, 0.2) is 0 Å². The number of anilines is 1. The molecule has 2 aromatic heterocycles. The number of fused-ring (bicyclic) bond motifs is 1. The van der Waals surface area contributed by atoms with Gasteiger partial charge in [0, 0.05) is 28.2 Å². The Balaban J connectivity index is 1.49. The van der Waals surface area contributed by atoms with Crippen LogP contribution in [0, 0.1) is 0 Å². The van der Waals surface area contributed by atoms with Crippen molar-refractivity contribution < 1.29 is 9.59 Å². The first-order valence-corrected chi connectivity index (χ1v) is 11.0. The molecule has 32 heavy (non-hydrogen) atoms. The molecule has 160 valence electrons. The van der Waals surface area contributed by atoms with Crippen LogP contribution in [0.3, 0.4) is 0 Å². The van der Waals surface area contributed by atoms with Gasteiger partial charge in [0.2, 0.25) is 0 Å². The zero-order valence-electron chi connectivity index (χ0n) is 16.7. The second-order valence-corrected chi connectivity index (χ2v) is 8.61. The van der Waals surface area contributed by atoms with E-state index in [9.17, 15) is 9.59 Å². The van der Waals surface area contributed by atoms with Crippen molar-refractivity contribution in [1.29, 1.82) is 0 Å². The molecular weight excluding hydrogens is 467 g/mol. The third-order valence-corrected chi connectivity index (χ3v) is 6.56. The Kier molecular flexibility index (Phi) is 6.50. The molecule has 0 aliphatic rings. The lowest BCUT2D eigenvalue weighted by atomic mass is 10.1. The van der Waals surface area contributed by atoms with Gasteiger partial charge in [-0.25, -0.2) is 5.43 Å². The highest BCUT2D eigenvalue weighted by atomic mass is 35.5. The van der Waals surface area contributed by atoms with E-state index < -0.39 is 5.91 Å². The number of hydrazone groups is 1. The maximum Gasteiger partial charge on any atom is 0.283 e. The van der Waals surface area contributed by atoms with Gasteiger partial charge in [0.1, 0.15) is 4.88 Å². The van der Waals surface area contributed by atoms with Gasteiger partial charge in [-0.1, -0.05) is 41.4 Å². The minimum atomic E-state index is -0.423. The highest BCUT2D eigenvalue weighted by Gasteiger charge is 2.18. The third kappa shape index (κ3) is 4.65. The number of rotatable bonds is 5. The fourth-order valence-electron chi connectivity index (χ4n) is 2.99. The fraction of sp³-hybridized carbons (Fsp3) is 0.0435. The Labute approximate surface area is 197 Å². The van der Waals surface area contributed by atoms with E-state index in [2.05, 4.69) is 20.8 Å². The minimum absolute atomic E-state index is 0.267. The largest absolute Gasteiger partial charge is 0.322 e. The Hall–Kier alpha value is -3.26. The molecule has 2 heterocycles. The van der Waals surface area contributed by atoms with Gasteiger partial charge in [-0.3, -0.25) is 14.6 Å². The Bertz CT molecular complexity index is 1350. The van der Waals surface area contributed by atoms with Crippen LogP contribution in [0.25, 0.3) is 10.1 Å². The van der Waals surface area contributed by atoms with Gasteiger partial charge < -0.3 is 5.32 Å². The molecule has 2 N–H and O–H groups in total. The van der Waals surface area contributed by atoms with E-state index in [1.54, 1.807) is 49.5 Å². The molecule has 6 nitrogen and oxygen atoms in total. The molecule has 2 aromatic carbocycles. The van der Waals surface area contributed by atoms with E-state index in [4.69, 9.17) is 23.2 Å². The predicted octanol–water partition coefficient (Wildman–Crippen LogP) is 6.01. The van der Waals surface area contributed by atoms with E-state index in [-0.39, 0.29) is 5.91 Å². The van der Waals surface area contributed by atoms with Crippen LogP contribution in [0.15, 0.2) is 72.1 Å². The molecule has 0 aliphatic heterocycles. The molecule has 0 aliphatic carbocycles. The summed E-state index contributed by atoms with van der Waals surface area (Å²) in [6, 6.07) is 15.9. The molecule has 9 heteroatoms. The standard InChI is InChI=1S/C23H16Cl2N4O2S/c1-13(14-5-2-7-16(11-14)27-22(30)15-6-4-10-26-12-15)28-29-23(31)21-20(25)19-17(24)8-3-9-18(19)32-21/h2-12H,1H3,(H,27,30)(H,29,31). The molecule has 0 saturated heterocycles. The van der Waals surface area contributed by atoms with Crippen molar-refractivity contribution >= 4 is 67.8 Å². The number of nitrogens with zero attached hydrogens (tertiary/aromatic N) is 2. The average molecular weight is 483 g/mol. The minimum Gasteiger partial charge on any atom is -0.322 e. The zero-order valence-corrected chi connectivity index (χ0v) is 19.1. The molecule has 2 amide bonds. The summed E-state index contributed by atoms with van der Waals surface area (Å²) >= 11 is 13.8. The number of nitrogens with one attached hydrogen (secondary N) is 2. The number of halogens is 2. The lowest BCUT2D eigenvalue weighted by molar-refractivity contribution is 0.0958. The normalized spacial score (nSPS) is 11.4. The number of aromatic nitrogens is 1. The average Bonchev–Trinajstić information content (AvgIpc) is 3.15. The number of benzene rings is 2. The first-order valence-electron chi connectivity index (χ1n) is 9.47. The fourth-order valence-corrected chi connectivity index (χ4v) is 4.83. The van der Waals surface area contributed by atoms with Gasteiger partial charge in [-0.15, -0.1) is 11.3 Å². The maximum absolute atomic E-state index is 12.7. The number of hydrogen-bond donors (Lipinski definition) is 2. The molecule has 0 bridgehead atoms. The number of carbonyl (C=O) groups excluding carboxylic acids is 2. The predicted molar refractivity (Wildman–Crippen MR) is 130 cm³/mol. The van der Waals surface area contributed by atoms with E-state index >= 15 is 0 Å². The van der Waals surface area contributed by atoms with E-state index in [1.165, 1.54) is 17.5 Å². The number of carbonyl (C=O) groups is 2. The second kappa shape index (κ2) is 9.48. The van der Waals surface area contributed by atoms with E-state index in [1.807, 2.05) is 18.2 Å².